The molecular weight excluding hydrogens is 388 g/mol. The lowest BCUT2D eigenvalue weighted by Gasteiger charge is -2.44. The second kappa shape index (κ2) is 8.91. The van der Waals surface area contributed by atoms with Crippen molar-refractivity contribution in [3.63, 3.8) is 0 Å². The molecule has 2 aromatic rings. The van der Waals surface area contributed by atoms with E-state index in [1.807, 2.05) is 25.1 Å². The lowest BCUT2D eigenvalue weighted by atomic mass is 9.85. The molecule has 2 atom stereocenters. The molecule has 0 aromatic heterocycles. The number of nitrogens with zero attached hydrogens (tertiary/aromatic N) is 1. The molecule has 3 aliphatic heterocycles. The van der Waals surface area contributed by atoms with Gasteiger partial charge in [-0.25, -0.2) is 4.79 Å². The summed E-state index contributed by atoms with van der Waals surface area (Å²) in [6.07, 6.45) is 5.13. The van der Waals surface area contributed by atoms with Gasteiger partial charge >= 0.3 is 6.09 Å². The van der Waals surface area contributed by atoms with E-state index in [0.29, 0.717) is 12.5 Å². The van der Waals surface area contributed by atoms with Crippen molar-refractivity contribution in [3.05, 3.63) is 53.6 Å². The molecule has 1 N–H and O–H groups in total. The van der Waals surface area contributed by atoms with E-state index in [1.54, 1.807) is 0 Å². The first-order valence-corrected chi connectivity index (χ1v) is 11.8. The Morgan fingerprint density at radius 2 is 1.97 bits per heavy atom. The van der Waals surface area contributed by atoms with Crippen molar-refractivity contribution in [3.8, 4) is 16.9 Å². The minimum Gasteiger partial charge on any atom is -0.493 e. The van der Waals surface area contributed by atoms with E-state index in [1.165, 1.54) is 11.1 Å². The van der Waals surface area contributed by atoms with Crippen LogP contribution in [-0.4, -0.2) is 43.3 Å². The van der Waals surface area contributed by atoms with Crippen LogP contribution in [0.1, 0.15) is 49.8 Å². The van der Waals surface area contributed by atoms with Crippen LogP contribution in [-0.2, 0) is 11.2 Å². The fraction of sp³-hybridized carbons (Fsp3) is 0.500. The summed E-state index contributed by atoms with van der Waals surface area (Å²) in [6.45, 7) is 5.82. The van der Waals surface area contributed by atoms with E-state index < -0.39 is 0 Å². The number of carbonyl (C=O) groups is 1. The zero-order valence-electron chi connectivity index (χ0n) is 18.3. The molecule has 0 radical (unpaired) electrons. The van der Waals surface area contributed by atoms with Gasteiger partial charge in [-0.3, -0.25) is 4.90 Å². The van der Waals surface area contributed by atoms with Gasteiger partial charge < -0.3 is 14.8 Å². The Morgan fingerprint density at radius 3 is 2.74 bits per heavy atom. The molecule has 4 aliphatic rings. The number of alkyl carbamates (subject to hydrolysis) is 1. The highest BCUT2D eigenvalue weighted by Gasteiger charge is 2.37. The van der Waals surface area contributed by atoms with Gasteiger partial charge in [0.25, 0.3) is 0 Å². The fourth-order valence-electron chi connectivity index (χ4n) is 5.46. The summed E-state index contributed by atoms with van der Waals surface area (Å²) in [5.41, 5.74) is 4.74. The number of carbonyl (C=O) groups excluding carboxylic acids is 1. The molecule has 3 fully saturated rings. The third-order valence-electron chi connectivity index (χ3n) is 7.10. The number of rotatable bonds is 5. The zero-order valence-corrected chi connectivity index (χ0v) is 18.3. The monoisotopic (exact) mass is 420 g/mol. The lowest BCUT2D eigenvalue weighted by molar-refractivity contribution is -0.0340. The van der Waals surface area contributed by atoms with Crippen LogP contribution in [0.25, 0.3) is 11.1 Å². The molecule has 2 aromatic carbocycles. The molecule has 2 bridgehead atoms. The quantitative estimate of drug-likeness (QED) is 0.744. The summed E-state index contributed by atoms with van der Waals surface area (Å²) in [4.78, 5) is 15.2. The summed E-state index contributed by atoms with van der Waals surface area (Å²) in [5.74, 6) is 1.42. The molecule has 31 heavy (non-hydrogen) atoms. The third-order valence-corrected chi connectivity index (χ3v) is 7.10. The molecule has 5 heteroatoms. The zero-order chi connectivity index (χ0) is 21.2. The van der Waals surface area contributed by atoms with Crippen LogP contribution in [0.3, 0.4) is 0 Å². The molecule has 1 amide bonds. The SMILES string of the molecule is CCOc1ccccc1-c1ccc2c(c1)C(NC(=O)O[C@@H]1CN3CCC1CC3)CCC2. The number of hydrogen-bond acceptors (Lipinski definition) is 4. The first-order chi connectivity index (χ1) is 15.2. The summed E-state index contributed by atoms with van der Waals surface area (Å²) in [5, 5.41) is 3.19. The van der Waals surface area contributed by atoms with Gasteiger partial charge in [-0.1, -0.05) is 30.3 Å². The molecule has 1 aliphatic carbocycles. The van der Waals surface area contributed by atoms with Gasteiger partial charge in [0, 0.05) is 12.1 Å². The highest BCUT2D eigenvalue weighted by molar-refractivity contribution is 5.72. The predicted octanol–water partition coefficient (Wildman–Crippen LogP) is 4.95. The Kier molecular flexibility index (Phi) is 5.86. The van der Waals surface area contributed by atoms with Crippen molar-refractivity contribution in [2.75, 3.05) is 26.2 Å². The maximum atomic E-state index is 12.8. The number of para-hydroxylation sites is 1. The number of ether oxygens (including phenoxy) is 2. The molecular formula is C26H32N2O3. The van der Waals surface area contributed by atoms with Crippen LogP contribution < -0.4 is 10.1 Å². The average Bonchev–Trinajstić information content (AvgIpc) is 2.80. The van der Waals surface area contributed by atoms with Crippen LogP contribution in [0.2, 0.25) is 0 Å². The number of piperidine rings is 3. The van der Waals surface area contributed by atoms with Crippen LogP contribution in [0.5, 0.6) is 5.75 Å². The lowest BCUT2D eigenvalue weighted by Crippen LogP contribution is -2.52. The summed E-state index contributed by atoms with van der Waals surface area (Å²) >= 11 is 0. The van der Waals surface area contributed by atoms with Gasteiger partial charge in [0.05, 0.1) is 12.6 Å². The first-order valence-electron chi connectivity index (χ1n) is 11.8. The van der Waals surface area contributed by atoms with Crippen LogP contribution >= 0.6 is 0 Å². The minimum absolute atomic E-state index is 0.00320. The average molecular weight is 421 g/mol. The van der Waals surface area contributed by atoms with Gasteiger partial charge in [0.15, 0.2) is 0 Å². The summed E-state index contributed by atoms with van der Waals surface area (Å²) in [6, 6.07) is 14.8. The van der Waals surface area contributed by atoms with E-state index in [9.17, 15) is 4.79 Å². The van der Waals surface area contributed by atoms with Crippen molar-refractivity contribution in [1.82, 2.24) is 10.2 Å². The molecule has 164 valence electrons. The van der Waals surface area contributed by atoms with Gasteiger partial charge in [0.2, 0.25) is 0 Å². The van der Waals surface area contributed by atoms with E-state index in [0.717, 1.165) is 68.6 Å². The molecule has 1 unspecified atom stereocenters. The smallest absolute Gasteiger partial charge is 0.407 e. The second-order valence-corrected chi connectivity index (χ2v) is 9.01. The Balaban J connectivity index is 1.33. The largest absolute Gasteiger partial charge is 0.493 e. The van der Waals surface area contributed by atoms with Gasteiger partial charge in [-0.2, -0.15) is 0 Å². The van der Waals surface area contributed by atoms with E-state index in [-0.39, 0.29) is 18.2 Å². The van der Waals surface area contributed by atoms with Crippen molar-refractivity contribution < 1.29 is 14.3 Å². The number of benzene rings is 2. The molecule has 6 rings (SSSR count). The predicted molar refractivity (Wildman–Crippen MR) is 121 cm³/mol. The topological polar surface area (TPSA) is 50.8 Å². The maximum absolute atomic E-state index is 12.8. The van der Waals surface area contributed by atoms with Crippen molar-refractivity contribution >= 4 is 6.09 Å². The Labute approximate surface area is 184 Å². The number of nitrogens with one attached hydrogen (secondary N) is 1. The Hall–Kier alpha value is -2.53. The van der Waals surface area contributed by atoms with E-state index in [4.69, 9.17) is 9.47 Å². The molecule has 3 heterocycles. The van der Waals surface area contributed by atoms with Crippen LogP contribution in [0.15, 0.2) is 42.5 Å². The normalized spacial score (nSPS) is 26.7. The second-order valence-electron chi connectivity index (χ2n) is 9.01. The van der Waals surface area contributed by atoms with Crippen LogP contribution in [0.4, 0.5) is 4.79 Å². The number of hydrogen-bond donors (Lipinski definition) is 1. The summed E-state index contributed by atoms with van der Waals surface area (Å²) < 4.78 is 11.7. The van der Waals surface area contributed by atoms with Crippen LogP contribution in [0, 0.1) is 5.92 Å². The number of fused-ring (bicyclic) bond motifs is 4. The first kappa shape index (κ1) is 20.4. The summed E-state index contributed by atoms with van der Waals surface area (Å²) in [7, 11) is 0. The molecule has 0 saturated carbocycles. The highest BCUT2D eigenvalue weighted by Crippen LogP contribution is 2.36. The minimum atomic E-state index is -0.267. The van der Waals surface area contributed by atoms with Gasteiger partial charge in [-0.15, -0.1) is 0 Å². The Morgan fingerprint density at radius 1 is 1.13 bits per heavy atom. The standard InChI is InChI=1S/C26H32N2O3/c1-2-30-24-9-4-3-7-21(24)20-11-10-18-6-5-8-23(22(18)16-20)27-26(29)31-25-17-28-14-12-19(25)13-15-28/h3-4,7,9-11,16,19,23,25H,2,5-6,8,12-15,17H2,1H3,(H,27,29)/t23?,25-/m1/s1. The third kappa shape index (κ3) is 4.29. The molecule has 3 saturated heterocycles. The number of aryl methyl sites for hydroxylation is 1. The van der Waals surface area contributed by atoms with Crippen molar-refractivity contribution in [2.24, 2.45) is 5.92 Å². The van der Waals surface area contributed by atoms with E-state index >= 15 is 0 Å². The number of amides is 1. The van der Waals surface area contributed by atoms with E-state index in [2.05, 4.69) is 34.5 Å². The maximum Gasteiger partial charge on any atom is 0.407 e. The van der Waals surface area contributed by atoms with Crippen molar-refractivity contribution in [1.29, 1.82) is 0 Å². The van der Waals surface area contributed by atoms with Crippen molar-refractivity contribution in [2.45, 2.75) is 51.2 Å². The van der Waals surface area contributed by atoms with Gasteiger partial charge in [-0.05, 0) is 86.9 Å². The Bertz CT molecular complexity index is 936. The molecule has 0 spiro atoms. The highest BCUT2D eigenvalue weighted by atomic mass is 16.6. The molecule has 5 nitrogen and oxygen atoms in total. The van der Waals surface area contributed by atoms with Gasteiger partial charge in [0.1, 0.15) is 11.9 Å². The fourth-order valence-corrected chi connectivity index (χ4v) is 5.46.